The maximum atomic E-state index is 10.6. The highest BCUT2D eigenvalue weighted by atomic mass is 31.1. The summed E-state index contributed by atoms with van der Waals surface area (Å²) in [5, 5.41) is 0. The Kier molecular flexibility index (Phi) is 1.92. The van der Waals surface area contributed by atoms with E-state index >= 15 is 0 Å². The lowest BCUT2D eigenvalue weighted by Crippen LogP contribution is -2.05. The molecule has 5 heteroatoms. The number of ether oxygens (including phenoxy) is 1. The predicted molar refractivity (Wildman–Crippen MR) is 34.8 cm³/mol. The Hall–Kier alpha value is -0.600. The molecule has 0 bridgehead atoms. The van der Waals surface area contributed by atoms with Gasteiger partial charge in [-0.1, -0.05) is 6.58 Å². The number of carbonyl (C=O) groups excluding carboxylic acids is 1. The Bertz CT molecular complexity index is 210. The van der Waals surface area contributed by atoms with Crippen LogP contribution in [0.5, 0.6) is 0 Å². The molecule has 56 valence electrons. The van der Waals surface area contributed by atoms with Crippen LogP contribution in [0, 0.1) is 0 Å². The van der Waals surface area contributed by atoms with Gasteiger partial charge in [-0.3, -0.25) is 9.09 Å². The van der Waals surface area contributed by atoms with E-state index in [0.29, 0.717) is 0 Å². The fourth-order valence-corrected chi connectivity index (χ4v) is 0.880. The van der Waals surface area contributed by atoms with Gasteiger partial charge in [0.1, 0.15) is 0 Å². The Balaban J connectivity index is 2.33. The average molecular weight is 162 g/mol. The molecule has 0 saturated carbocycles. The molecule has 2 unspecified atom stereocenters. The largest absolute Gasteiger partial charge is 0.422 e. The number of hydrogen-bond acceptors (Lipinski definition) is 4. The van der Waals surface area contributed by atoms with E-state index in [1.807, 2.05) is 0 Å². The average Bonchev–Trinajstić information content (AvgIpc) is 2.46. The van der Waals surface area contributed by atoms with Crippen LogP contribution in [0.2, 0.25) is 0 Å². The van der Waals surface area contributed by atoms with Crippen LogP contribution in [0.3, 0.4) is 0 Å². The first kappa shape index (κ1) is 7.51. The van der Waals surface area contributed by atoms with Gasteiger partial charge in [0, 0.05) is 5.57 Å². The van der Waals surface area contributed by atoms with Crippen LogP contribution in [-0.4, -0.2) is 12.0 Å². The normalized spacial score (nSPS) is 29.3. The van der Waals surface area contributed by atoms with Crippen molar-refractivity contribution in [3.8, 4) is 0 Å². The van der Waals surface area contributed by atoms with Gasteiger partial charge < -0.3 is 4.74 Å². The van der Waals surface area contributed by atoms with Gasteiger partial charge in [0.2, 0.25) is 0 Å². The summed E-state index contributed by atoms with van der Waals surface area (Å²) in [4.78, 5) is 10.6. The first-order valence-electron chi connectivity index (χ1n) is 2.68. The maximum Gasteiger partial charge on any atom is 0.335 e. The fourth-order valence-electron chi connectivity index (χ4n) is 0.341. The molecule has 1 aliphatic heterocycles. The second-order valence-corrected chi connectivity index (χ2v) is 3.30. The molecule has 10 heavy (non-hydrogen) atoms. The van der Waals surface area contributed by atoms with Gasteiger partial charge in [0.25, 0.3) is 14.1 Å². The van der Waals surface area contributed by atoms with Crippen LogP contribution in [-0.2, 0) is 18.6 Å². The molecule has 1 saturated heterocycles. The van der Waals surface area contributed by atoms with E-state index in [1.165, 1.54) is 6.92 Å². The molecule has 1 aliphatic rings. The molecule has 1 fully saturated rings. The lowest BCUT2D eigenvalue weighted by atomic mass is 10.4. The Morgan fingerprint density at radius 1 is 1.80 bits per heavy atom. The van der Waals surface area contributed by atoms with E-state index in [-0.39, 0.29) is 5.57 Å². The quantitative estimate of drug-likeness (QED) is 0.262. The van der Waals surface area contributed by atoms with Crippen molar-refractivity contribution < 1.29 is 18.6 Å². The number of hydrogen-bond donors (Lipinski definition) is 0. The summed E-state index contributed by atoms with van der Waals surface area (Å²) in [6.07, 6.45) is 0. The van der Waals surface area contributed by atoms with Crippen molar-refractivity contribution in [1.82, 2.24) is 0 Å². The highest BCUT2D eigenvalue weighted by Gasteiger charge is 2.38. The lowest BCUT2D eigenvalue weighted by Gasteiger charge is -1.95. The molecule has 0 aliphatic carbocycles. The highest BCUT2D eigenvalue weighted by molar-refractivity contribution is 7.46. The van der Waals surface area contributed by atoms with Gasteiger partial charge in [0.15, 0.2) is 0 Å². The molecule has 2 atom stereocenters. The molecular weight excluding hydrogens is 155 g/mol. The van der Waals surface area contributed by atoms with Crippen LogP contribution >= 0.6 is 8.03 Å². The molecule has 4 nitrogen and oxygen atoms in total. The van der Waals surface area contributed by atoms with Gasteiger partial charge in [-0.05, 0) is 6.92 Å². The van der Waals surface area contributed by atoms with E-state index in [4.69, 9.17) is 0 Å². The van der Waals surface area contributed by atoms with Gasteiger partial charge >= 0.3 is 5.97 Å². The van der Waals surface area contributed by atoms with E-state index in [1.54, 1.807) is 0 Å². The maximum absolute atomic E-state index is 10.6. The summed E-state index contributed by atoms with van der Waals surface area (Å²) >= 11 is 0. The second kappa shape index (κ2) is 2.56. The second-order valence-electron chi connectivity index (χ2n) is 1.95. The van der Waals surface area contributed by atoms with Gasteiger partial charge in [-0.25, -0.2) is 4.79 Å². The zero-order chi connectivity index (χ0) is 7.72. The Labute approximate surface area is 58.7 Å². The summed E-state index contributed by atoms with van der Waals surface area (Å²) in [7, 11) is -2.03. The van der Waals surface area contributed by atoms with Crippen molar-refractivity contribution in [3.05, 3.63) is 12.2 Å². The minimum absolute atomic E-state index is 0.283. The van der Waals surface area contributed by atoms with Gasteiger partial charge in [-0.15, -0.1) is 0 Å². The summed E-state index contributed by atoms with van der Waals surface area (Å²) in [5.74, 6) is -0.555. The van der Waals surface area contributed by atoms with Crippen molar-refractivity contribution in [3.63, 3.8) is 0 Å². The SMILES string of the molecule is C=C(C)C(=O)OC1O[PH]1=O. The third kappa shape index (κ3) is 1.69. The van der Waals surface area contributed by atoms with Crippen molar-refractivity contribution in [2.45, 2.75) is 13.0 Å². The standard InChI is InChI=1S/C5H7O4P/c1-3(2)4(6)8-5-9-10(5)7/h5,10H,1H2,2H3. The van der Waals surface area contributed by atoms with E-state index in [2.05, 4.69) is 15.8 Å². The van der Waals surface area contributed by atoms with E-state index in [0.717, 1.165) is 0 Å². The zero-order valence-corrected chi connectivity index (χ0v) is 6.42. The molecule has 0 spiro atoms. The Morgan fingerprint density at radius 2 is 2.30 bits per heavy atom. The first-order chi connectivity index (χ1) is 4.61. The molecule has 0 radical (unpaired) electrons. The predicted octanol–water partition coefficient (Wildman–Crippen LogP) is 0.894. The zero-order valence-electron chi connectivity index (χ0n) is 5.42. The third-order valence-corrected chi connectivity index (χ3v) is 1.76. The summed E-state index contributed by atoms with van der Waals surface area (Å²) in [6.45, 7) is 4.86. The summed E-state index contributed by atoms with van der Waals surface area (Å²) in [5.41, 5.74) is 0.283. The molecule has 0 aromatic rings. The molecule has 0 aromatic heterocycles. The minimum atomic E-state index is -2.03. The van der Waals surface area contributed by atoms with Crippen LogP contribution in [0.25, 0.3) is 0 Å². The van der Waals surface area contributed by atoms with Crippen LogP contribution in [0.4, 0.5) is 0 Å². The number of esters is 1. The smallest absolute Gasteiger partial charge is 0.335 e. The van der Waals surface area contributed by atoms with E-state index in [9.17, 15) is 9.36 Å². The molecular formula is C5H7O4P. The number of carbonyl (C=O) groups is 1. The van der Waals surface area contributed by atoms with Crippen LogP contribution in [0.1, 0.15) is 6.92 Å². The van der Waals surface area contributed by atoms with Crippen LogP contribution < -0.4 is 0 Å². The topological polar surface area (TPSA) is 55.9 Å². The van der Waals surface area contributed by atoms with Gasteiger partial charge in [0.05, 0.1) is 0 Å². The summed E-state index contributed by atoms with van der Waals surface area (Å²) in [6, 6.07) is -0.783. The monoisotopic (exact) mass is 162 g/mol. The van der Waals surface area contributed by atoms with Crippen molar-refractivity contribution in [2.75, 3.05) is 0 Å². The van der Waals surface area contributed by atoms with Gasteiger partial charge in [-0.2, -0.15) is 0 Å². The molecule has 0 aromatic carbocycles. The highest BCUT2D eigenvalue weighted by Crippen LogP contribution is 2.50. The van der Waals surface area contributed by atoms with Crippen LogP contribution in [0.15, 0.2) is 12.2 Å². The minimum Gasteiger partial charge on any atom is -0.422 e. The molecule has 1 heterocycles. The van der Waals surface area contributed by atoms with E-state index < -0.39 is 20.0 Å². The van der Waals surface area contributed by atoms with Crippen molar-refractivity contribution in [1.29, 1.82) is 0 Å². The number of rotatable bonds is 2. The molecule has 1 rings (SSSR count). The lowest BCUT2D eigenvalue weighted by molar-refractivity contribution is -0.143. The fraction of sp³-hybridized carbons (Fsp3) is 0.400. The molecule has 0 N–H and O–H groups in total. The first-order valence-corrected chi connectivity index (χ1v) is 4.07. The van der Waals surface area contributed by atoms with Crippen molar-refractivity contribution in [2.24, 2.45) is 0 Å². The van der Waals surface area contributed by atoms with Crippen molar-refractivity contribution >= 4 is 14.0 Å². The molecule has 0 amide bonds. The summed E-state index contributed by atoms with van der Waals surface area (Å²) < 4.78 is 19.2. The Morgan fingerprint density at radius 3 is 2.60 bits per heavy atom. The third-order valence-electron chi connectivity index (χ3n) is 0.921.